The molecule has 0 spiro atoms. The fourth-order valence-corrected chi connectivity index (χ4v) is 3.04. The van der Waals surface area contributed by atoms with Crippen LogP contribution in [-0.2, 0) is 4.74 Å². The first-order valence-corrected chi connectivity index (χ1v) is 8.19. The summed E-state index contributed by atoms with van der Waals surface area (Å²) in [6, 6.07) is 6.78. The van der Waals surface area contributed by atoms with Gasteiger partial charge in [-0.1, -0.05) is 30.7 Å². The third-order valence-electron chi connectivity index (χ3n) is 4.10. The van der Waals surface area contributed by atoms with Crippen molar-refractivity contribution in [2.24, 2.45) is 0 Å². The Labute approximate surface area is 127 Å². The number of hydrogen-bond donors (Lipinski definition) is 1. The zero-order valence-corrected chi connectivity index (χ0v) is 13.4. The third kappa shape index (κ3) is 4.47. The molecule has 1 fully saturated rings. The van der Waals surface area contributed by atoms with Crippen molar-refractivity contribution < 1.29 is 4.74 Å². The van der Waals surface area contributed by atoms with Crippen molar-refractivity contribution >= 4 is 11.6 Å². The molecule has 0 aliphatic carbocycles. The molecule has 0 bridgehead atoms. The van der Waals surface area contributed by atoms with Crippen LogP contribution in [0.15, 0.2) is 18.2 Å². The van der Waals surface area contributed by atoms with Crippen LogP contribution >= 0.6 is 11.6 Å². The number of nitrogens with one attached hydrogen (secondary N) is 1. The second-order valence-electron chi connectivity index (χ2n) is 5.68. The van der Waals surface area contributed by atoms with Gasteiger partial charge in [-0.3, -0.25) is 0 Å². The van der Waals surface area contributed by atoms with E-state index in [0.29, 0.717) is 12.1 Å². The van der Waals surface area contributed by atoms with Crippen LogP contribution in [0.25, 0.3) is 0 Å². The maximum atomic E-state index is 6.25. The van der Waals surface area contributed by atoms with Crippen molar-refractivity contribution in [2.75, 3.05) is 13.2 Å². The van der Waals surface area contributed by atoms with Crippen molar-refractivity contribution in [2.45, 2.75) is 58.1 Å². The molecule has 2 nitrogen and oxygen atoms in total. The standard InChI is InChI=1S/C17H26ClNO/c1-3-19-17(10-9-15-6-4-5-11-20-15)14-8-7-13(2)16(18)12-14/h7-8,12,15,17,19H,3-6,9-11H2,1-2H3. The van der Waals surface area contributed by atoms with E-state index in [1.807, 2.05) is 6.92 Å². The second kappa shape index (κ2) is 8.02. The lowest BCUT2D eigenvalue weighted by atomic mass is 9.96. The first-order chi connectivity index (χ1) is 9.70. The van der Waals surface area contributed by atoms with Gasteiger partial charge in [-0.25, -0.2) is 0 Å². The molecule has 112 valence electrons. The summed E-state index contributed by atoms with van der Waals surface area (Å²) < 4.78 is 5.83. The number of aryl methyl sites for hydroxylation is 1. The lowest BCUT2D eigenvalue weighted by Crippen LogP contribution is -2.25. The highest BCUT2D eigenvalue weighted by Crippen LogP contribution is 2.26. The number of benzene rings is 1. The minimum absolute atomic E-state index is 0.378. The summed E-state index contributed by atoms with van der Waals surface area (Å²) in [5.41, 5.74) is 2.43. The average Bonchev–Trinajstić information content (AvgIpc) is 2.47. The third-order valence-corrected chi connectivity index (χ3v) is 4.51. The van der Waals surface area contributed by atoms with Crippen molar-refractivity contribution in [1.82, 2.24) is 5.32 Å². The summed E-state index contributed by atoms with van der Waals surface area (Å²) in [7, 11) is 0. The summed E-state index contributed by atoms with van der Waals surface area (Å²) in [4.78, 5) is 0. The molecule has 20 heavy (non-hydrogen) atoms. The van der Waals surface area contributed by atoms with Gasteiger partial charge in [-0.2, -0.15) is 0 Å². The molecule has 2 unspecified atom stereocenters. The van der Waals surface area contributed by atoms with Gasteiger partial charge in [0.05, 0.1) is 6.10 Å². The van der Waals surface area contributed by atoms with Crippen molar-refractivity contribution in [3.05, 3.63) is 34.3 Å². The number of halogens is 1. The van der Waals surface area contributed by atoms with Crippen LogP contribution in [0.5, 0.6) is 0 Å². The van der Waals surface area contributed by atoms with E-state index in [4.69, 9.17) is 16.3 Å². The van der Waals surface area contributed by atoms with Crippen LogP contribution in [0.4, 0.5) is 0 Å². The van der Waals surface area contributed by atoms with E-state index < -0.39 is 0 Å². The Kier molecular flexibility index (Phi) is 6.34. The molecule has 0 radical (unpaired) electrons. The van der Waals surface area contributed by atoms with E-state index in [1.54, 1.807) is 0 Å². The van der Waals surface area contributed by atoms with Crippen LogP contribution in [0.2, 0.25) is 5.02 Å². The van der Waals surface area contributed by atoms with E-state index in [0.717, 1.165) is 36.6 Å². The Bertz CT molecular complexity index is 415. The SMILES string of the molecule is CCNC(CCC1CCCCO1)c1ccc(C)c(Cl)c1. The fraction of sp³-hybridized carbons (Fsp3) is 0.647. The van der Waals surface area contributed by atoms with Gasteiger partial charge in [-0.05, 0) is 62.8 Å². The first-order valence-electron chi connectivity index (χ1n) is 7.81. The van der Waals surface area contributed by atoms with E-state index in [9.17, 15) is 0 Å². The van der Waals surface area contributed by atoms with Gasteiger partial charge in [-0.15, -0.1) is 0 Å². The Balaban J connectivity index is 1.96. The second-order valence-corrected chi connectivity index (χ2v) is 6.09. The van der Waals surface area contributed by atoms with Gasteiger partial charge in [0.25, 0.3) is 0 Å². The van der Waals surface area contributed by atoms with Gasteiger partial charge in [0, 0.05) is 17.7 Å². The molecular formula is C17H26ClNO. The molecule has 1 heterocycles. The van der Waals surface area contributed by atoms with Crippen molar-refractivity contribution in [3.8, 4) is 0 Å². The Morgan fingerprint density at radius 3 is 2.90 bits per heavy atom. The summed E-state index contributed by atoms with van der Waals surface area (Å²) in [6.07, 6.45) is 6.44. The Hall–Kier alpha value is -0.570. The first kappa shape index (κ1) is 15.8. The predicted octanol–water partition coefficient (Wildman–Crippen LogP) is 4.65. The topological polar surface area (TPSA) is 21.3 Å². The van der Waals surface area contributed by atoms with Crippen LogP contribution in [0.3, 0.4) is 0 Å². The summed E-state index contributed by atoms with van der Waals surface area (Å²) in [5, 5.41) is 4.43. The molecule has 3 heteroatoms. The maximum Gasteiger partial charge on any atom is 0.0575 e. The lowest BCUT2D eigenvalue weighted by Gasteiger charge is -2.25. The quantitative estimate of drug-likeness (QED) is 0.825. The van der Waals surface area contributed by atoms with Crippen LogP contribution < -0.4 is 5.32 Å². The monoisotopic (exact) mass is 295 g/mol. The normalized spacial score (nSPS) is 20.9. The fourth-order valence-electron chi connectivity index (χ4n) is 2.85. The summed E-state index contributed by atoms with van der Waals surface area (Å²) in [5.74, 6) is 0. The number of hydrogen-bond acceptors (Lipinski definition) is 2. The number of ether oxygens (including phenoxy) is 1. The molecule has 1 saturated heterocycles. The Morgan fingerprint density at radius 2 is 2.25 bits per heavy atom. The van der Waals surface area contributed by atoms with E-state index in [1.165, 1.54) is 24.8 Å². The number of rotatable bonds is 6. The van der Waals surface area contributed by atoms with Crippen molar-refractivity contribution in [1.29, 1.82) is 0 Å². The van der Waals surface area contributed by atoms with Gasteiger partial charge >= 0.3 is 0 Å². The molecule has 2 atom stereocenters. The molecule has 2 rings (SSSR count). The molecular weight excluding hydrogens is 270 g/mol. The van der Waals surface area contributed by atoms with E-state index in [2.05, 4.69) is 30.4 Å². The smallest absolute Gasteiger partial charge is 0.0575 e. The minimum Gasteiger partial charge on any atom is -0.378 e. The predicted molar refractivity (Wildman–Crippen MR) is 85.4 cm³/mol. The summed E-state index contributed by atoms with van der Waals surface area (Å²) >= 11 is 6.25. The Morgan fingerprint density at radius 1 is 1.40 bits per heavy atom. The van der Waals surface area contributed by atoms with Crippen LogP contribution in [0, 0.1) is 6.92 Å². The highest BCUT2D eigenvalue weighted by atomic mass is 35.5. The van der Waals surface area contributed by atoms with Gasteiger partial charge in [0.15, 0.2) is 0 Å². The zero-order chi connectivity index (χ0) is 14.4. The highest BCUT2D eigenvalue weighted by molar-refractivity contribution is 6.31. The molecule has 0 aromatic heterocycles. The molecule has 1 aromatic rings. The average molecular weight is 296 g/mol. The molecule has 1 aromatic carbocycles. The van der Waals surface area contributed by atoms with Gasteiger partial charge in [0.2, 0.25) is 0 Å². The lowest BCUT2D eigenvalue weighted by molar-refractivity contribution is 0.00856. The van der Waals surface area contributed by atoms with Gasteiger partial charge < -0.3 is 10.1 Å². The molecule has 1 aliphatic rings. The molecule has 1 aliphatic heterocycles. The van der Waals surface area contributed by atoms with Crippen molar-refractivity contribution in [3.63, 3.8) is 0 Å². The highest BCUT2D eigenvalue weighted by Gasteiger charge is 2.17. The molecule has 0 amide bonds. The van der Waals surface area contributed by atoms with E-state index >= 15 is 0 Å². The summed E-state index contributed by atoms with van der Waals surface area (Å²) in [6.45, 7) is 6.11. The largest absolute Gasteiger partial charge is 0.378 e. The minimum atomic E-state index is 0.378. The van der Waals surface area contributed by atoms with Gasteiger partial charge in [0.1, 0.15) is 0 Å². The molecule has 1 N–H and O–H groups in total. The van der Waals surface area contributed by atoms with E-state index in [-0.39, 0.29) is 0 Å². The van der Waals surface area contributed by atoms with Crippen LogP contribution in [0.1, 0.15) is 56.2 Å². The van der Waals surface area contributed by atoms with Crippen LogP contribution in [-0.4, -0.2) is 19.3 Å². The maximum absolute atomic E-state index is 6.25. The zero-order valence-electron chi connectivity index (χ0n) is 12.6. The molecule has 0 saturated carbocycles.